The number of aliphatic hydroxyl groups is 1. The molecule has 2 fully saturated rings. The van der Waals surface area contributed by atoms with Crippen molar-refractivity contribution in [3.8, 4) is 5.75 Å². The van der Waals surface area contributed by atoms with Gasteiger partial charge in [0.1, 0.15) is 29.9 Å². The molecule has 1 aromatic heterocycles. The van der Waals surface area contributed by atoms with Gasteiger partial charge in [-0.2, -0.15) is 0 Å². The second-order valence-corrected chi connectivity index (χ2v) is 7.29. The Kier molecular flexibility index (Phi) is 5.57. The number of anilines is 2. The summed E-state index contributed by atoms with van der Waals surface area (Å²) in [5, 5.41) is 9.54. The number of ether oxygens (including phenoxy) is 1. The highest BCUT2D eigenvalue weighted by Crippen LogP contribution is 2.28. The van der Waals surface area contributed by atoms with Crippen LogP contribution in [-0.2, 0) is 0 Å². The molecule has 3 heterocycles. The van der Waals surface area contributed by atoms with E-state index in [4.69, 9.17) is 4.74 Å². The molecule has 4 rings (SSSR count). The van der Waals surface area contributed by atoms with Gasteiger partial charge in [-0.3, -0.25) is 0 Å². The number of hydrogen-bond acceptors (Lipinski definition) is 6. The molecule has 150 valence electrons. The monoisotopic (exact) mass is 390 g/mol. The van der Waals surface area contributed by atoms with Gasteiger partial charge in [0.25, 0.3) is 0 Å². The van der Waals surface area contributed by atoms with Gasteiger partial charge in [-0.05, 0) is 25.0 Å². The topological polar surface area (TPSA) is 61.7 Å². The van der Waals surface area contributed by atoms with Crippen molar-refractivity contribution >= 4 is 11.6 Å². The van der Waals surface area contributed by atoms with Crippen molar-refractivity contribution in [2.45, 2.75) is 37.8 Å². The largest absolute Gasteiger partial charge is 0.487 e. The molecule has 2 aliphatic rings. The van der Waals surface area contributed by atoms with Crippen molar-refractivity contribution in [1.29, 1.82) is 0 Å². The molecule has 0 bridgehead atoms. The van der Waals surface area contributed by atoms with E-state index in [2.05, 4.69) is 19.8 Å². The van der Waals surface area contributed by atoms with Gasteiger partial charge in [-0.1, -0.05) is 0 Å². The van der Waals surface area contributed by atoms with E-state index in [0.29, 0.717) is 0 Å². The number of nitrogens with zero attached hydrogens (tertiary/aromatic N) is 4. The van der Waals surface area contributed by atoms with E-state index in [-0.39, 0.29) is 24.5 Å². The van der Waals surface area contributed by atoms with Gasteiger partial charge in [-0.15, -0.1) is 0 Å². The van der Waals surface area contributed by atoms with Crippen molar-refractivity contribution in [2.75, 3.05) is 36.0 Å². The molecule has 8 heteroatoms. The highest BCUT2D eigenvalue weighted by Gasteiger charge is 2.27. The van der Waals surface area contributed by atoms with Crippen LogP contribution in [0, 0.1) is 11.6 Å². The molecular formula is C20H24F2N4O2. The van der Waals surface area contributed by atoms with Crippen LogP contribution in [-0.4, -0.2) is 53.5 Å². The molecule has 2 aromatic rings. The van der Waals surface area contributed by atoms with Gasteiger partial charge >= 0.3 is 0 Å². The van der Waals surface area contributed by atoms with Crippen LogP contribution in [0.3, 0.4) is 0 Å². The Balaban J connectivity index is 1.38. The van der Waals surface area contributed by atoms with E-state index in [1.165, 1.54) is 12.1 Å². The fourth-order valence-electron chi connectivity index (χ4n) is 3.95. The zero-order valence-electron chi connectivity index (χ0n) is 15.6. The van der Waals surface area contributed by atoms with Crippen LogP contribution >= 0.6 is 0 Å². The van der Waals surface area contributed by atoms with E-state index < -0.39 is 11.6 Å². The lowest BCUT2D eigenvalue weighted by Gasteiger charge is -2.33. The average molecular weight is 390 g/mol. The first-order valence-electron chi connectivity index (χ1n) is 9.70. The van der Waals surface area contributed by atoms with E-state index in [1.54, 1.807) is 6.33 Å². The smallest absolute Gasteiger partial charge is 0.167 e. The predicted molar refractivity (Wildman–Crippen MR) is 102 cm³/mol. The van der Waals surface area contributed by atoms with Crippen LogP contribution in [0.5, 0.6) is 5.75 Å². The molecule has 6 nitrogen and oxygen atoms in total. The fraction of sp³-hybridized carbons (Fsp3) is 0.500. The Hall–Kier alpha value is -2.48. The van der Waals surface area contributed by atoms with Crippen molar-refractivity contribution in [3.63, 3.8) is 0 Å². The maximum Gasteiger partial charge on any atom is 0.167 e. The summed E-state index contributed by atoms with van der Waals surface area (Å²) in [5.41, 5.74) is 0. The Bertz CT molecular complexity index is 815. The Morgan fingerprint density at radius 1 is 1.04 bits per heavy atom. The van der Waals surface area contributed by atoms with Crippen LogP contribution in [0.25, 0.3) is 0 Å². The minimum absolute atomic E-state index is 0.0910. The van der Waals surface area contributed by atoms with E-state index >= 15 is 0 Å². The summed E-state index contributed by atoms with van der Waals surface area (Å²) in [6.45, 7) is 2.48. The maximum absolute atomic E-state index is 13.8. The summed E-state index contributed by atoms with van der Waals surface area (Å²) in [6, 6.07) is 5.46. The average Bonchev–Trinajstić information content (AvgIpc) is 3.20. The van der Waals surface area contributed by atoms with E-state index in [0.717, 1.165) is 63.0 Å². The van der Waals surface area contributed by atoms with Crippen LogP contribution in [0.2, 0.25) is 0 Å². The molecule has 0 amide bonds. The first kappa shape index (κ1) is 18.9. The molecule has 0 saturated carbocycles. The SMILES string of the molecule is OCC1CCCN1c1cc(N2CCC(Oc3ccc(F)cc3F)CC2)ncn1. The number of piperidine rings is 1. The number of hydrogen-bond donors (Lipinski definition) is 1. The maximum atomic E-state index is 13.8. The Morgan fingerprint density at radius 3 is 2.57 bits per heavy atom. The molecule has 1 unspecified atom stereocenters. The van der Waals surface area contributed by atoms with Crippen LogP contribution in [0.1, 0.15) is 25.7 Å². The lowest BCUT2D eigenvalue weighted by atomic mass is 10.1. The molecule has 0 aliphatic carbocycles. The number of rotatable bonds is 5. The predicted octanol–water partition coefficient (Wildman–Crippen LogP) is 2.76. The highest BCUT2D eigenvalue weighted by atomic mass is 19.1. The van der Waals surface area contributed by atoms with Gasteiger partial charge in [0.15, 0.2) is 11.6 Å². The Morgan fingerprint density at radius 2 is 1.82 bits per heavy atom. The Labute approximate surface area is 162 Å². The highest BCUT2D eigenvalue weighted by molar-refractivity contribution is 5.51. The van der Waals surface area contributed by atoms with Crippen molar-refractivity contribution in [1.82, 2.24) is 9.97 Å². The number of halogens is 2. The van der Waals surface area contributed by atoms with Crippen molar-refractivity contribution in [3.05, 3.63) is 42.2 Å². The number of aliphatic hydroxyl groups excluding tert-OH is 1. The van der Waals surface area contributed by atoms with Crippen molar-refractivity contribution in [2.24, 2.45) is 0 Å². The van der Waals surface area contributed by atoms with Crippen molar-refractivity contribution < 1.29 is 18.6 Å². The molecule has 28 heavy (non-hydrogen) atoms. The van der Waals surface area contributed by atoms with Gasteiger partial charge in [0.2, 0.25) is 0 Å². The second-order valence-electron chi connectivity index (χ2n) is 7.29. The van der Waals surface area contributed by atoms with Gasteiger partial charge in [-0.25, -0.2) is 18.7 Å². The van der Waals surface area contributed by atoms with Gasteiger partial charge in [0, 0.05) is 44.6 Å². The minimum Gasteiger partial charge on any atom is -0.487 e. The third-order valence-corrected chi connectivity index (χ3v) is 5.47. The lowest BCUT2D eigenvalue weighted by Crippen LogP contribution is -2.39. The van der Waals surface area contributed by atoms with Crippen LogP contribution < -0.4 is 14.5 Å². The summed E-state index contributed by atoms with van der Waals surface area (Å²) < 4.78 is 32.5. The third kappa shape index (κ3) is 4.01. The van der Waals surface area contributed by atoms with E-state index in [9.17, 15) is 13.9 Å². The molecule has 2 aliphatic heterocycles. The zero-order chi connectivity index (χ0) is 19.5. The molecular weight excluding hydrogens is 366 g/mol. The number of benzene rings is 1. The quantitative estimate of drug-likeness (QED) is 0.847. The summed E-state index contributed by atoms with van der Waals surface area (Å²) in [4.78, 5) is 13.1. The lowest BCUT2D eigenvalue weighted by molar-refractivity contribution is 0.163. The minimum atomic E-state index is -0.674. The summed E-state index contributed by atoms with van der Waals surface area (Å²) >= 11 is 0. The second kappa shape index (κ2) is 8.26. The molecule has 0 radical (unpaired) electrons. The van der Waals surface area contributed by atoms with Gasteiger partial charge in [0.05, 0.1) is 12.6 Å². The first-order valence-corrected chi connectivity index (χ1v) is 9.70. The summed E-state index contributed by atoms with van der Waals surface area (Å²) in [7, 11) is 0. The third-order valence-electron chi connectivity index (χ3n) is 5.47. The molecule has 1 atom stereocenters. The van der Waals surface area contributed by atoms with Gasteiger partial charge < -0.3 is 19.6 Å². The zero-order valence-corrected chi connectivity index (χ0v) is 15.6. The van der Waals surface area contributed by atoms with Crippen LogP contribution in [0.15, 0.2) is 30.6 Å². The normalized spacial score (nSPS) is 20.6. The van der Waals surface area contributed by atoms with E-state index in [1.807, 2.05) is 6.07 Å². The fourth-order valence-corrected chi connectivity index (χ4v) is 3.95. The van der Waals surface area contributed by atoms with Crippen LogP contribution in [0.4, 0.5) is 20.4 Å². The summed E-state index contributed by atoms with van der Waals surface area (Å²) in [6.07, 6.45) is 4.91. The number of aromatic nitrogens is 2. The molecule has 1 N–H and O–H groups in total. The first-order chi connectivity index (χ1) is 13.6. The molecule has 0 spiro atoms. The molecule has 1 aromatic carbocycles. The standard InChI is InChI=1S/C20H24F2N4O2/c21-14-3-4-18(17(22)10-14)28-16-5-8-25(9-6-16)19-11-20(24-13-23-19)26-7-1-2-15(26)12-27/h3-4,10-11,13,15-16,27H,1-2,5-9,12H2. The summed E-state index contributed by atoms with van der Waals surface area (Å²) in [5.74, 6) is 0.495. The molecule has 2 saturated heterocycles.